The largest absolute Gasteiger partial charge is 0.472 e. The van der Waals surface area contributed by atoms with Gasteiger partial charge in [0, 0.05) is 45.6 Å². The topological polar surface area (TPSA) is 76.2 Å². The predicted molar refractivity (Wildman–Crippen MR) is 126 cm³/mol. The molecule has 33 heavy (non-hydrogen) atoms. The Morgan fingerprint density at radius 1 is 0.939 bits per heavy atom. The van der Waals surface area contributed by atoms with Gasteiger partial charge in [-0.15, -0.1) is 10.2 Å². The first-order valence-electron chi connectivity index (χ1n) is 11.3. The molecule has 2 aromatic heterocycles. The first-order valence-corrected chi connectivity index (χ1v) is 11.3. The zero-order chi connectivity index (χ0) is 22.5. The van der Waals surface area contributed by atoms with Crippen molar-refractivity contribution in [1.82, 2.24) is 25.0 Å². The summed E-state index contributed by atoms with van der Waals surface area (Å²) in [6.07, 6.45) is 4.47. The Bertz CT molecular complexity index is 1180. The van der Waals surface area contributed by atoms with Crippen LogP contribution < -0.4 is 5.32 Å². The zero-order valence-corrected chi connectivity index (χ0v) is 18.5. The molecule has 1 aliphatic heterocycles. The van der Waals surface area contributed by atoms with Gasteiger partial charge in [-0.25, -0.2) is 0 Å². The number of hydrogen-bond donors (Lipinski definition) is 1. The van der Waals surface area contributed by atoms with Crippen molar-refractivity contribution in [2.75, 3.05) is 19.6 Å². The summed E-state index contributed by atoms with van der Waals surface area (Å²) in [6, 6.07) is 21.0. The van der Waals surface area contributed by atoms with E-state index in [9.17, 15) is 4.79 Å². The average molecular weight is 442 g/mol. The summed E-state index contributed by atoms with van der Waals surface area (Å²) in [7, 11) is 0. The maximum absolute atomic E-state index is 12.1. The van der Waals surface area contributed by atoms with E-state index in [0.717, 1.165) is 44.2 Å². The second-order valence-electron chi connectivity index (χ2n) is 8.29. The molecule has 0 aliphatic carbocycles. The van der Waals surface area contributed by atoms with E-state index in [2.05, 4.69) is 73.5 Å². The highest BCUT2D eigenvalue weighted by Gasteiger charge is 2.19. The van der Waals surface area contributed by atoms with Gasteiger partial charge in [-0.2, -0.15) is 0 Å². The lowest BCUT2D eigenvalue weighted by Crippen LogP contribution is -2.28. The van der Waals surface area contributed by atoms with Crippen molar-refractivity contribution in [1.29, 1.82) is 0 Å². The minimum Gasteiger partial charge on any atom is -0.472 e. The first-order chi connectivity index (χ1) is 16.3. The molecule has 0 unspecified atom stereocenters. The smallest absolute Gasteiger partial charge is 0.254 e. The monoisotopic (exact) mass is 441 g/mol. The number of hydrogen-bond acceptors (Lipinski definition) is 5. The van der Waals surface area contributed by atoms with Gasteiger partial charge in [0.2, 0.25) is 0 Å². The van der Waals surface area contributed by atoms with Gasteiger partial charge < -0.3 is 14.3 Å². The number of rotatable bonds is 7. The van der Waals surface area contributed by atoms with Crippen molar-refractivity contribution in [3.05, 3.63) is 96.0 Å². The molecular weight excluding hydrogens is 414 g/mol. The summed E-state index contributed by atoms with van der Waals surface area (Å²) in [6.45, 7) is 4.19. The Kier molecular flexibility index (Phi) is 6.30. The molecular formula is C26H27N5O2. The molecule has 7 nitrogen and oxygen atoms in total. The van der Waals surface area contributed by atoms with Crippen LogP contribution in [0.2, 0.25) is 0 Å². The summed E-state index contributed by atoms with van der Waals surface area (Å²) < 4.78 is 7.17. The van der Waals surface area contributed by atoms with Gasteiger partial charge in [-0.1, -0.05) is 54.6 Å². The van der Waals surface area contributed by atoms with Crippen molar-refractivity contribution in [2.45, 2.75) is 25.9 Å². The molecule has 1 aliphatic rings. The summed E-state index contributed by atoms with van der Waals surface area (Å²) in [5.74, 6) is 1.81. The van der Waals surface area contributed by atoms with Crippen molar-refractivity contribution in [3.63, 3.8) is 0 Å². The Hall–Kier alpha value is -3.71. The van der Waals surface area contributed by atoms with Gasteiger partial charge in [0.05, 0.1) is 11.8 Å². The molecule has 3 heterocycles. The van der Waals surface area contributed by atoms with Gasteiger partial charge in [-0.05, 0) is 22.8 Å². The second-order valence-corrected chi connectivity index (χ2v) is 8.29. The van der Waals surface area contributed by atoms with E-state index in [1.165, 1.54) is 29.2 Å². The SMILES string of the molecule is O=C(NCCc1nnc2n1CCN(Cc1ccc(-c3ccccc3)cc1)CC2)c1ccoc1. The molecule has 1 amide bonds. The fourth-order valence-electron chi connectivity index (χ4n) is 4.24. The van der Waals surface area contributed by atoms with Crippen LogP contribution in [0.5, 0.6) is 0 Å². The quantitative estimate of drug-likeness (QED) is 0.475. The summed E-state index contributed by atoms with van der Waals surface area (Å²) >= 11 is 0. The van der Waals surface area contributed by atoms with Crippen LogP contribution in [-0.2, 0) is 25.9 Å². The average Bonchev–Trinajstić information content (AvgIpc) is 3.48. The number of amides is 1. The molecule has 4 aromatic rings. The molecule has 0 radical (unpaired) electrons. The predicted octanol–water partition coefficient (Wildman–Crippen LogP) is 3.57. The van der Waals surface area contributed by atoms with Crippen LogP contribution >= 0.6 is 0 Å². The van der Waals surface area contributed by atoms with E-state index in [1.54, 1.807) is 6.07 Å². The number of carbonyl (C=O) groups is 1. The highest BCUT2D eigenvalue weighted by atomic mass is 16.3. The summed E-state index contributed by atoms with van der Waals surface area (Å²) in [5.41, 5.74) is 4.33. The molecule has 2 aromatic carbocycles. The van der Waals surface area contributed by atoms with Crippen molar-refractivity contribution >= 4 is 5.91 Å². The van der Waals surface area contributed by atoms with Gasteiger partial charge in [0.1, 0.15) is 17.9 Å². The number of fused-ring (bicyclic) bond motifs is 1. The van der Waals surface area contributed by atoms with Crippen LogP contribution in [0.4, 0.5) is 0 Å². The number of aromatic nitrogens is 3. The molecule has 0 fully saturated rings. The Morgan fingerprint density at radius 2 is 1.76 bits per heavy atom. The molecule has 0 spiro atoms. The van der Waals surface area contributed by atoms with Crippen molar-refractivity contribution < 1.29 is 9.21 Å². The third kappa shape index (κ3) is 5.04. The second kappa shape index (κ2) is 9.83. The maximum Gasteiger partial charge on any atom is 0.254 e. The Morgan fingerprint density at radius 3 is 2.55 bits per heavy atom. The molecule has 168 valence electrons. The van der Waals surface area contributed by atoms with Crippen LogP contribution in [0.15, 0.2) is 77.6 Å². The van der Waals surface area contributed by atoms with Crippen LogP contribution in [0, 0.1) is 0 Å². The zero-order valence-electron chi connectivity index (χ0n) is 18.5. The number of nitrogens with zero attached hydrogens (tertiary/aromatic N) is 4. The lowest BCUT2D eigenvalue weighted by atomic mass is 10.0. The molecule has 0 atom stereocenters. The molecule has 5 rings (SSSR count). The minimum absolute atomic E-state index is 0.135. The van der Waals surface area contributed by atoms with E-state index in [1.807, 2.05) is 6.07 Å². The van der Waals surface area contributed by atoms with E-state index in [-0.39, 0.29) is 5.91 Å². The maximum atomic E-state index is 12.1. The minimum atomic E-state index is -0.135. The molecule has 0 bridgehead atoms. The number of carbonyl (C=O) groups excluding carboxylic acids is 1. The fourth-order valence-corrected chi connectivity index (χ4v) is 4.24. The van der Waals surface area contributed by atoms with E-state index in [0.29, 0.717) is 18.5 Å². The number of nitrogens with one attached hydrogen (secondary N) is 1. The fraction of sp³-hybridized carbons (Fsp3) is 0.269. The van der Waals surface area contributed by atoms with Crippen LogP contribution in [0.3, 0.4) is 0 Å². The number of benzene rings is 2. The Labute approximate surface area is 193 Å². The lowest BCUT2D eigenvalue weighted by molar-refractivity contribution is 0.0953. The van der Waals surface area contributed by atoms with Gasteiger partial charge in [-0.3, -0.25) is 9.69 Å². The molecule has 7 heteroatoms. The normalized spacial score (nSPS) is 13.9. The Balaban J connectivity index is 1.15. The first kappa shape index (κ1) is 21.2. The van der Waals surface area contributed by atoms with Gasteiger partial charge in [0.25, 0.3) is 5.91 Å². The van der Waals surface area contributed by atoms with Crippen LogP contribution in [0.1, 0.15) is 27.6 Å². The van der Waals surface area contributed by atoms with Crippen LogP contribution in [-0.4, -0.2) is 45.2 Å². The third-order valence-corrected chi connectivity index (χ3v) is 6.08. The molecule has 0 saturated heterocycles. The lowest BCUT2D eigenvalue weighted by Gasteiger charge is -2.20. The van der Waals surface area contributed by atoms with Crippen molar-refractivity contribution in [3.8, 4) is 11.1 Å². The molecule has 0 saturated carbocycles. The standard InChI is InChI=1S/C26H27N5O2/c32-26(23-12-17-33-19-23)27-13-10-24-28-29-25-11-14-30(15-16-31(24)25)18-20-6-8-22(9-7-20)21-4-2-1-3-5-21/h1-9,12,17,19H,10-11,13-16,18H2,(H,27,32). The van der Waals surface area contributed by atoms with E-state index >= 15 is 0 Å². The van der Waals surface area contributed by atoms with Crippen LogP contribution in [0.25, 0.3) is 11.1 Å². The highest BCUT2D eigenvalue weighted by Crippen LogP contribution is 2.20. The highest BCUT2D eigenvalue weighted by molar-refractivity contribution is 5.93. The van der Waals surface area contributed by atoms with Gasteiger partial charge >= 0.3 is 0 Å². The van der Waals surface area contributed by atoms with Crippen molar-refractivity contribution in [2.24, 2.45) is 0 Å². The third-order valence-electron chi connectivity index (χ3n) is 6.08. The summed E-state index contributed by atoms with van der Waals surface area (Å²) in [4.78, 5) is 14.5. The van der Waals surface area contributed by atoms with E-state index < -0.39 is 0 Å². The number of furan rings is 1. The summed E-state index contributed by atoms with van der Waals surface area (Å²) in [5, 5.41) is 11.7. The molecule has 1 N–H and O–H groups in total. The van der Waals surface area contributed by atoms with Gasteiger partial charge in [0.15, 0.2) is 0 Å². The van der Waals surface area contributed by atoms with E-state index in [4.69, 9.17) is 4.42 Å².